The summed E-state index contributed by atoms with van der Waals surface area (Å²) < 4.78 is 19.2. The fraction of sp³-hybridized carbons (Fsp3) is 0.111. The molecule has 3 rings (SSSR count). The number of benzene rings is 2. The van der Waals surface area contributed by atoms with E-state index in [0.29, 0.717) is 24.4 Å². The predicted octanol–water partition coefficient (Wildman–Crippen LogP) is 3.16. The van der Waals surface area contributed by atoms with E-state index in [0.717, 1.165) is 5.75 Å². The minimum atomic E-state index is -0.385. The van der Waals surface area contributed by atoms with Gasteiger partial charge in [-0.15, -0.1) is 0 Å². The fourth-order valence-electron chi connectivity index (χ4n) is 2.16. The highest BCUT2D eigenvalue weighted by atomic mass is 19.1. The van der Waals surface area contributed by atoms with Crippen molar-refractivity contribution in [3.8, 4) is 5.75 Å². The van der Waals surface area contributed by atoms with Crippen molar-refractivity contribution in [1.82, 2.24) is 5.32 Å². The summed E-state index contributed by atoms with van der Waals surface area (Å²) in [6.07, 6.45) is 1.91. The zero-order valence-corrected chi connectivity index (χ0v) is 12.3. The summed E-state index contributed by atoms with van der Waals surface area (Å²) >= 11 is 0. The third-order valence-electron chi connectivity index (χ3n) is 3.29. The van der Waals surface area contributed by atoms with E-state index in [1.54, 1.807) is 18.2 Å². The molecule has 0 aromatic heterocycles. The maximum absolute atomic E-state index is 13.6. The molecule has 0 aliphatic carbocycles. The average Bonchev–Trinajstić information content (AvgIpc) is 2.90. The molecule has 0 fully saturated rings. The van der Waals surface area contributed by atoms with E-state index in [-0.39, 0.29) is 17.4 Å². The van der Waals surface area contributed by atoms with E-state index in [9.17, 15) is 9.18 Å². The Morgan fingerprint density at radius 1 is 1.09 bits per heavy atom. The monoisotopic (exact) mass is 310 g/mol. The standard InChI is InChI=1S/C18H15FN2O2/c19-15-9-5-4-6-13(15)12-16-18(22)21-17(20-16)10-11-23-14-7-2-1-3-8-14/h1-9,12H,10-11H2,(H,20,21,22)/b16-12-. The number of halogens is 1. The second-order valence-electron chi connectivity index (χ2n) is 4.98. The number of hydrogen-bond donors (Lipinski definition) is 1. The molecule has 1 N–H and O–H groups in total. The number of amidine groups is 1. The lowest BCUT2D eigenvalue weighted by Crippen LogP contribution is -2.25. The molecule has 1 heterocycles. The predicted molar refractivity (Wildman–Crippen MR) is 86.5 cm³/mol. The molecule has 2 aromatic rings. The molecule has 0 atom stereocenters. The number of rotatable bonds is 5. The van der Waals surface area contributed by atoms with Crippen LogP contribution >= 0.6 is 0 Å². The minimum Gasteiger partial charge on any atom is -0.493 e. The molecule has 1 aliphatic heterocycles. The zero-order valence-electron chi connectivity index (χ0n) is 12.3. The molecule has 5 heteroatoms. The Hall–Kier alpha value is -2.95. The van der Waals surface area contributed by atoms with Crippen LogP contribution in [0.3, 0.4) is 0 Å². The first-order valence-corrected chi connectivity index (χ1v) is 7.25. The largest absolute Gasteiger partial charge is 0.493 e. The van der Waals surface area contributed by atoms with E-state index in [2.05, 4.69) is 10.3 Å². The third kappa shape index (κ3) is 3.83. The Morgan fingerprint density at radius 2 is 1.83 bits per heavy atom. The van der Waals surface area contributed by atoms with E-state index >= 15 is 0 Å². The summed E-state index contributed by atoms with van der Waals surface area (Å²) in [6.45, 7) is 0.399. The fourth-order valence-corrected chi connectivity index (χ4v) is 2.16. The Bertz CT molecular complexity index is 770. The van der Waals surface area contributed by atoms with Gasteiger partial charge in [-0.25, -0.2) is 9.38 Å². The van der Waals surface area contributed by atoms with Gasteiger partial charge in [0.25, 0.3) is 5.91 Å². The van der Waals surface area contributed by atoms with Gasteiger partial charge in [0.1, 0.15) is 23.1 Å². The molecule has 2 aromatic carbocycles. The number of ether oxygens (including phenoxy) is 1. The van der Waals surface area contributed by atoms with Crippen LogP contribution in [-0.4, -0.2) is 18.3 Å². The number of carbonyl (C=O) groups is 1. The maximum atomic E-state index is 13.6. The SMILES string of the molecule is O=C1NC(CCOc2ccccc2)=N/C1=C\c1ccccc1F. The van der Waals surface area contributed by atoms with Gasteiger partial charge in [0, 0.05) is 12.0 Å². The van der Waals surface area contributed by atoms with Gasteiger partial charge in [-0.1, -0.05) is 36.4 Å². The van der Waals surface area contributed by atoms with E-state index in [1.807, 2.05) is 30.3 Å². The van der Waals surface area contributed by atoms with Gasteiger partial charge in [-0.05, 0) is 24.3 Å². The lowest BCUT2D eigenvalue weighted by molar-refractivity contribution is -0.115. The highest BCUT2D eigenvalue weighted by molar-refractivity contribution is 6.14. The molecule has 0 unspecified atom stereocenters. The van der Waals surface area contributed by atoms with Crippen LogP contribution in [0.5, 0.6) is 5.75 Å². The number of para-hydroxylation sites is 1. The topological polar surface area (TPSA) is 50.7 Å². The Morgan fingerprint density at radius 3 is 2.61 bits per heavy atom. The molecule has 0 bridgehead atoms. The van der Waals surface area contributed by atoms with Crippen molar-refractivity contribution in [2.75, 3.05) is 6.61 Å². The van der Waals surface area contributed by atoms with Crippen molar-refractivity contribution in [2.45, 2.75) is 6.42 Å². The molecule has 4 nitrogen and oxygen atoms in total. The van der Waals surface area contributed by atoms with Crippen LogP contribution in [0, 0.1) is 5.82 Å². The molecule has 0 saturated heterocycles. The molecule has 23 heavy (non-hydrogen) atoms. The van der Waals surface area contributed by atoms with Crippen LogP contribution < -0.4 is 10.1 Å². The van der Waals surface area contributed by atoms with Crippen molar-refractivity contribution in [3.05, 3.63) is 71.7 Å². The summed E-state index contributed by atoms with van der Waals surface area (Å²) in [5.41, 5.74) is 0.535. The Balaban J connectivity index is 1.64. The number of nitrogens with one attached hydrogen (secondary N) is 1. The Kier molecular flexibility index (Phi) is 4.47. The number of carbonyl (C=O) groups excluding carboxylic acids is 1. The smallest absolute Gasteiger partial charge is 0.275 e. The van der Waals surface area contributed by atoms with Gasteiger partial charge < -0.3 is 10.1 Å². The molecule has 0 radical (unpaired) electrons. The van der Waals surface area contributed by atoms with Crippen LogP contribution in [0.1, 0.15) is 12.0 Å². The molecular formula is C18H15FN2O2. The summed E-state index contributed by atoms with van der Waals surface area (Å²) in [4.78, 5) is 16.1. The Labute approximate surface area is 133 Å². The summed E-state index contributed by atoms with van der Waals surface area (Å²) in [6, 6.07) is 15.7. The van der Waals surface area contributed by atoms with Gasteiger partial charge in [0.2, 0.25) is 0 Å². The van der Waals surface area contributed by atoms with Crippen LogP contribution in [-0.2, 0) is 4.79 Å². The first-order valence-electron chi connectivity index (χ1n) is 7.25. The molecule has 1 aliphatic rings. The van der Waals surface area contributed by atoms with Gasteiger partial charge in [0.05, 0.1) is 6.61 Å². The van der Waals surface area contributed by atoms with Gasteiger partial charge in [-0.3, -0.25) is 4.79 Å². The number of nitrogens with zero attached hydrogens (tertiary/aromatic N) is 1. The quantitative estimate of drug-likeness (QED) is 0.862. The van der Waals surface area contributed by atoms with Crippen LogP contribution in [0.2, 0.25) is 0 Å². The molecular weight excluding hydrogens is 295 g/mol. The summed E-state index contributed by atoms with van der Waals surface area (Å²) in [5.74, 6) is 0.569. The molecule has 0 spiro atoms. The summed E-state index contributed by atoms with van der Waals surface area (Å²) in [7, 11) is 0. The van der Waals surface area contributed by atoms with Crippen molar-refractivity contribution in [1.29, 1.82) is 0 Å². The first kappa shape index (κ1) is 15.0. The molecule has 116 valence electrons. The van der Waals surface area contributed by atoms with Gasteiger partial charge in [-0.2, -0.15) is 0 Å². The van der Waals surface area contributed by atoms with Crippen LogP contribution in [0.15, 0.2) is 65.3 Å². The average molecular weight is 310 g/mol. The molecule has 0 saturated carbocycles. The second kappa shape index (κ2) is 6.87. The minimum absolute atomic E-state index is 0.199. The highest BCUT2D eigenvalue weighted by Crippen LogP contribution is 2.16. The lowest BCUT2D eigenvalue weighted by Gasteiger charge is -2.05. The number of hydrogen-bond acceptors (Lipinski definition) is 3. The molecule has 1 amide bonds. The van der Waals surface area contributed by atoms with Crippen molar-refractivity contribution in [2.24, 2.45) is 4.99 Å². The maximum Gasteiger partial charge on any atom is 0.275 e. The lowest BCUT2D eigenvalue weighted by atomic mass is 10.2. The third-order valence-corrected chi connectivity index (χ3v) is 3.29. The van der Waals surface area contributed by atoms with Crippen molar-refractivity contribution in [3.63, 3.8) is 0 Å². The van der Waals surface area contributed by atoms with Crippen molar-refractivity contribution >= 4 is 17.8 Å². The number of aliphatic imine (C=N–C) groups is 1. The van der Waals surface area contributed by atoms with Gasteiger partial charge >= 0.3 is 0 Å². The zero-order chi connectivity index (χ0) is 16.1. The van der Waals surface area contributed by atoms with Crippen LogP contribution in [0.4, 0.5) is 4.39 Å². The van der Waals surface area contributed by atoms with Gasteiger partial charge in [0.15, 0.2) is 0 Å². The van der Waals surface area contributed by atoms with E-state index < -0.39 is 0 Å². The second-order valence-corrected chi connectivity index (χ2v) is 4.98. The van der Waals surface area contributed by atoms with E-state index in [4.69, 9.17) is 4.74 Å². The highest BCUT2D eigenvalue weighted by Gasteiger charge is 2.20. The normalized spacial score (nSPS) is 15.4. The van der Waals surface area contributed by atoms with Crippen molar-refractivity contribution < 1.29 is 13.9 Å². The van der Waals surface area contributed by atoms with Crippen LogP contribution in [0.25, 0.3) is 6.08 Å². The first-order chi connectivity index (χ1) is 11.2. The van der Waals surface area contributed by atoms with E-state index in [1.165, 1.54) is 12.1 Å². The summed E-state index contributed by atoms with van der Waals surface area (Å²) in [5, 5.41) is 2.67. The number of amides is 1.